The van der Waals surface area contributed by atoms with E-state index in [1.54, 1.807) is 4.90 Å². The van der Waals surface area contributed by atoms with Gasteiger partial charge in [-0.3, -0.25) is 4.79 Å². The SMILES string of the molecule is CN(CCc1ccccc1)C[C@@]1(O)CN(C(=O)CCc2ccccc2)CC[C@@H]1O. The van der Waals surface area contributed by atoms with Gasteiger partial charge in [0.25, 0.3) is 0 Å². The molecule has 1 saturated heterocycles. The maximum absolute atomic E-state index is 12.7. The van der Waals surface area contributed by atoms with Crippen molar-refractivity contribution in [1.82, 2.24) is 9.80 Å². The van der Waals surface area contributed by atoms with Gasteiger partial charge >= 0.3 is 0 Å². The fourth-order valence-electron chi connectivity index (χ4n) is 4.00. The number of amides is 1. The van der Waals surface area contributed by atoms with Gasteiger partial charge in [0.05, 0.1) is 12.6 Å². The smallest absolute Gasteiger partial charge is 0.223 e. The highest BCUT2D eigenvalue weighted by Gasteiger charge is 2.42. The molecule has 5 nitrogen and oxygen atoms in total. The van der Waals surface area contributed by atoms with Crippen molar-refractivity contribution in [1.29, 1.82) is 0 Å². The van der Waals surface area contributed by atoms with Crippen LogP contribution in [0.2, 0.25) is 0 Å². The summed E-state index contributed by atoms with van der Waals surface area (Å²) >= 11 is 0. The van der Waals surface area contributed by atoms with E-state index in [0.717, 1.165) is 18.5 Å². The van der Waals surface area contributed by atoms with Crippen LogP contribution in [0.1, 0.15) is 24.0 Å². The Hall–Kier alpha value is -2.21. The molecule has 5 heteroatoms. The van der Waals surface area contributed by atoms with Crippen LogP contribution in [0.3, 0.4) is 0 Å². The summed E-state index contributed by atoms with van der Waals surface area (Å²) in [4.78, 5) is 16.4. The average Bonchev–Trinajstić information content (AvgIpc) is 2.74. The van der Waals surface area contributed by atoms with Crippen LogP contribution in [-0.2, 0) is 17.6 Å². The molecule has 1 aliphatic rings. The van der Waals surface area contributed by atoms with E-state index in [0.29, 0.717) is 32.4 Å². The third-order valence-corrected chi connectivity index (χ3v) is 5.75. The molecular formula is C24H32N2O3. The summed E-state index contributed by atoms with van der Waals surface area (Å²) < 4.78 is 0. The number of rotatable bonds is 8. The van der Waals surface area contributed by atoms with E-state index in [1.165, 1.54) is 5.56 Å². The second-order valence-corrected chi connectivity index (χ2v) is 8.18. The molecule has 0 aliphatic carbocycles. The molecule has 156 valence electrons. The van der Waals surface area contributed by atoms with E-state index in [-0.39, 0.29) is 12.5 Å². The summed E-state index contributed by atoms with van der Waals surface area (Å²) in [6, 6.07) is 20.2. The number of hydrogen-bond acceptors (Lipinski definition) is 4. The van der Waals surface area contributed by atoms with Crippen molar-refractivity contribution in [2.75, 3.05) is 33.2 Å². The quantitative estimate of drug-likeness (QED) is 0.717. The second-order valence-electron chi connectivity index (χ2n) is 8.18. The van der Waals surface area contributed by atoms with E-state index in [1.807, 2.05) is 60.5 Å². The third kappa shape index (κ3) is 6.13. The lowest BCUT2D eigenvalue weighted by Crippen LogP contribution is -2.62. The van der Waals surface area contributed by atoms with Crippen molar-refractivity contribution in [3.05, 3.63) is 71.8 Å². The summed E-state index contributed by atoms with van der Waals surface area (Å²) in [7, 11) is 1.95. The highest BCUT2D eigenvalue weighted by molar-refractivity contribution is 5.76. The highest BCUT2D eigenvalue weighted by Crippen LogP contribution is 2.24. The number of nitrogens with zero attached hydrogens (tertiary/aromatic N) is 2. The molecular weight excluding hydrogens is 364 g/mol. The molecule has 1 amide bonds. The number of hydrogen-bond donors (Lipinski definition) is 2. The normalized spacial score (nSPS) is 22.1. The third-order valence-electron chi connectivity index (χ3n) is 5.75. The Morgan fingerprint density at radius 1 is 1.07 bits per heavy atom. The number of aliphatic hydroxyl groups excluding tert-OH is 1. The maximum Gasteiger partial charge on any atom is 0.223 e. The van der Waals surface area contributed by atoms with Gasteiger partial charge in [0.15, 0.2) is 0 Å². The Morgan fingerprint density at radius 3 is 2.28 bits per heavy atom. The molecule has 0 unspecified atom stereocenters. The van der Waals surface area contributed by atoms with Gasteiger partial charge in [-0.1, -0.05) is 60.7 Å². The second kappa shape index (κ2) is 10.0. The van der Waals surface area contributed by atoms with Crippen LogP contribution in [0, 0.1) is 0 Å². The van der Waals surface area contributed by atoms with Crippen LogP contribution in [0.4, 0.5) is 0 Å². The molecule has 1 heterocycles. The number of piperidine rings is 1. The monoisotopic (exact) mass is 396 g/mol. The Balaban J connectivity index is 1.52. The molecule has 0 bridgehead atoms. The predicted octanol–water partition coefficient (Wildman–Crippen LogP) is 2.12. The zero-order chi connectivity index (χ0) is 20.7. The predicted molar refractivity (Wildman–Crippen MR) is 115 cm³/mol. The minimum atomic E-state index is -1.30. The number of carbonyl (C=O) groups is 1. The lowest BCUT2D eigenvalue weighted by Gasteiger charge is -2.44. The van der Waals surface area contributed by atoms with Crippen LogP contribution >= 0.6 is 0 Å². The number of likely N-dealkylation sites (tertiary alicyclic amines) is 1. The Kier molecular flexibility index (Phi) is 7.42. The van der Waals surface area contributed by atoms with Gasteiger partial charge in [0.2, 0.25) is 5.91 Å². The molecule has 0 saturated carbocycles. The first kappa shape index (κ1) is 21.5. The largest absolute Gasteiger partial charge is 0.390 e. The summed E-state index contributed by atoms with van der Waals surface area (Å²) in [5, 5.41) is 21.6. The van der Waals surface area contributed by atoms with Crippen molar-refractivity contribution < 1.29 is 15.0 Å². The van der Waals surface area contributed by atoms with E-state index in [4.69, 9.17) is 0 Å². The molecule has 0 radical (unpaired) electrons. The molecule has 1 aliphatic heterocycles. The number of benzene rings is 2. The van der Waals surface area contributed by atoms with Gasteiger partial charge < -0.3 is 20.0 Å². The van der Waals surface area contributed by atoms with Crippen molar-refractivity contribution in [2.45, 2.75) is 37.4 Å². The van der Waals surface area contributed by atoms with Gasteiger partial charge in [0.1, 0.15) is 5.60 Å². The summed E-state index contributed by atoms with van der Waals surface area (Å²) in [5.74, 6) is 0.0334. The van der Waals surface area contributed by atoms with Crippen molar-refractivity contribution in [3.8, 4) is 0 Å². The minimum absolute atomic E-state index is 0.0334. The topological polar surface area (TPSA) is 64.0 Å². The molecule has 3 rings (SSSR count). The number of carbonyl (C=O) groups excluding carboxylic acids is 1. The van der Waals surface area contributed by atoms with Crippen LogP contribution < -0.4 is 0 Å². The standard InChI is InChI=1S/C24H32N2O3/c1-25(16-14-21-10-6-3-7-11-21)18-24(29)19-26(17-15-22(24)27)23(28)13-12-20-8-4-2-5-9-20/h2-11,22,27,29H,12-19H2,1H3/t22-,24+/m0/s1. The first-order chi connectivity index (χ1) is 14.0. The lowest BCUT2D eigenvalue weighted by molar-refractivity contribution is -0.155. The molecule has 29 heavy (non-hydrogen) atoms. The van der Waals surface area contributed by atoms with E-state index in [2.05, 4.69) is 12.1 Å². The van der Waals surface area contributed by atoms with Gasteiger partial charge in [-0.15, -0.1) is 0 Å². The number of likely N-dealkylation sites (N-methyl/N-ethyl adjacent to an activating group) is 1. The maximum atomic E-state index is 12.7. The fourth-order valence-corrected chi connectivity index (χ4v) is 4.00. The van der Waals surface area contributed by atoms with Gasteiger partial charge in [-0.25, -0.2) is 0 Å². The van der Waals surface area contributed by atoms with E-state index in [9.17, 15) is 15.0 Å². The number of aliphatic hydroxyl groups is 2. The zero-order valence-corrected chi connectivity index (χ0v) is 17.2. The molecule has 0 spiro atoms. The summed E-state index contributed by atoms with van der Waals surface area (Å²) in [6.07, 6.45) is 1.57. The number of β-amino-alcohol motifs (C(OH)–C–C–N with tert-alkyl or cyclic N) is 1. The van der Waals surface area contributed by atoms with Crippen LogP contribution in [0.15, 0.2) is 60.7 Å². The van der Waals surface area contributed by atoms with Crippen molar-refractivity contribution >= 4 is 5.91 Å². The van der Waals surface area contributed by atoms with Gasteiger partial charge in [0, 0.05) is 26.1 Å². The van der Waals surface area contributed by atoms with E-state index >= 15 is 0 Å². The first-order valence-electron chi connectivity index (χ1n) is 10.4. The summed E-state index contributed by atoms with van der Waals surface area (Å²) in [6.45, 7) is 1.78. The Labute approximate surface area is 173 Å². The van der Waals surface area contributed by atoms with Crippen molar-refractivity contribution in [3.63, 3.8) is 0 Å². The van der Waals surface area contributed by atoms with Crippen molar-refractivity contribution in [2.24, 2.45) is 0 Å². The highest BCUT2D eigenvalue weighted by atomic mass is 16.3. The van der Waals surface area contributed by atoms with Gasteiger partial charge in [-0.2, -0.15) is 0 Å². The molecule has 2 aromatic carbocycles. The summed E-state index contributed by atoms with van der Waals surface area (Å²) in [5.41, 5.74) is 1.08. The van der Waals surface area contributed by atoms with Gasteiger partial charge in [-0.05, 0) is 37.4 Å². The fraction of sp³-hybridized carbons (Fsp3) is 0.458. The molecule has 2 N–H and O–H groups in total. The first-order valence-corrected chi connectivity index (χ1v) is 10.4. The average molecular weight is 397 g/mol. The van der Waals surface area contributed by atoms with Crippen LogP contribution in [0.25, 0.3) is 0 Å². The van der Waals surface area contributed by atoms with Crippen LogP contribution in [-0.4, -0.2) is 70.9 Å². The molecule has 2 atom stereocenters. The van der Waals surface area contributed by atoms with E-state index < -0.39 is 11.7 Å². The molecule has 2 aromatic rings. The Morgan fingerprint density at radius 2 is 1.66 bits per heavy atom. The Bertz CT molecular complexity index is 768. The molecule has 0 aromatic heterocycles. The minimum Gasteiger partial charge on any atom is -0.390 e. The zero-order valence-electron chi connectivity index (χ0n) is 17.2. The number of aryl methyl sites for hydroxylation is 1. The van der Waals surface area contributed by atoms with Crippen LogP contribution in [0.5, 0.6) is 0 Å². The molecule has 1 fully saturated rings. The lowest BCUT2D eigenvalue weighted by atomic mass is 9.88.